The van der Waals surface area contributed by atoms with E-state index in [1.54, 1.807) is 0 Å². The summed E-state index contributed by atoms with van der Waals surface area (Å²) in [6, 6.07) is 8.09. The van der Waals surface area contributed by atoms with E-state index in [9.17, 15) is 9.90 Å². The first-order chi connectivity index (χ1) is 9.68. The molecule has 20 heavy (non-hydrogen) atoms. The number of carboxylic acids is 1. The summed E-state index contributed by atoms with van der Waals surface area (Å²) in [4.78, 5) is 11.8. The smallest absolute Gasteiger partial charge is 0.311 e. The molecule has 1 N–H and O–H groups in total. The summed E-state index contributed by atoms with van der Waals surface area (Å²) in [5.41, 5.74) is 2.10. The number of aromatic nitrogens is 1. The number of aliphatic carboxylic acids is 1. The highest BCUT2D eigenvalue weighted by Crippen LogP contribution is 2.39. The van der Waals surface area contributed by atoms with Crippen LogP contribution >= 0.6 is 0 Å². The van der Waals surface area contributed by atoms with Crippen molar-refractivity contribution in [3.63, 3.8) is 0 Å². The maximum Gasteiger partial charge on any atom is 0.311 e. The van der Waals surface area contributed by atoms with E-state index >= 15 is 0 Å². The highest BCUT2D eigenvalue weighted by atomic mass is 16.4. The van der Waals surface area contributed by atoms with Crippen LogP contribution in [0, 0.1) is 5.92 Å². The average Bonchev–Trinajstić information content (AvgIpc) is 2.78. The number of benzene rings is 1. The Kier molecular flexibility index (Phi) is 3.51. The number of aryl methyl sites for hydroxylation is 1. The van der Waals surface area contributed by atoms with Crippen LogP contribution in [0.15, 0.2) is 30.5 Å². The summed E-state index contributed by atoms with van der Waals surface area (Å²) in [5.74, 6) is -0.748. The molecular formula is C17H21NO2. The largest absolute Gasteiger partial charge is 0.481 e. The second-order valence-electron chi connectivity index (χ2n) is 5.93. The lowest BCUT2D eigenvalue weighted by Gasteiger charge is -2.27. The Hall–Kier alpha value is -1.77. The molecular weight excluding hydrogens is 250 g/mol. The third-order valence-electron chi connectivity index (χ3n) is 4.65. The summed E-state index contributed by atoms with van der Waals surface area (Å²) in [6.45, 7) is 0. The van der Waals surface area contributed by atoms with Crippen molar-refractivity contribution >= 4 is 16.9 Å². The predicted molar refractivity (Wildman–Crippen MR) is 79.9 cm³/mol. The van der Waals surface area contributed by atoms with Gasteiger partial charge in [-0.2, -0.15) is 0 Å². The van der Waals surface area contributed by atoms with E-state index in [0.717, 1.165) is 29.3 Å². The van der Waals surface area contributed by atoms with Crippen LogP contribution in [0.25, 0.3) is 10.9 Å². The zero-order valence-corrected chi connectivity index (χ0v) is 11.9. The molecule has 3 rings (SSSR count). The number of hydrogen-bond acceptors (Lipinski definition) is 1. The summed E-state index contributed by atoms with van der Waals surface area (Å²) >= 11 is 0. The Morgan fingerprint density at radius 1 is 1.25 bits per heavy atom. The fraction of sp³-hybridized carbons (Fsp3) is 0.471. The van der Waals surface area contributed by atoms with E-state index in [1.807, 2.05) is 36.0 Å². The second-order valence-corrected chi connectivity index (χ2v) is 5.93. The van der Waals surface area contributed by atoms with Gasteiger partial charge in [0.1, 0.15) is 0 Å². The predicted octanol–water partition coefficient (Wildman–Crippen LogP) is 3.93. The maximum atomic E-state index is 11.8. The van der Waals surface area contributed by atoms with Crippen LogP contribution in [-0.4, -0.2) is 15.6 Å². The van der Waals surface area contributed by atoms with Crippen molar-refractivity contribution in [3.8, 4) is 0 Å². The van der Waals surface area contributed by atoms with E-state index in [-0.39, 0.29) is 11.8 Å². The molecule has 1 atom stereocenters. The highest BCUT2D eigenvalue weighted by molar-refractivity contribution is 5.90. The summed E-state index contributed by atoms with van der Waals surface area (Å²) in [5, 5.41) is 10.8. The zero-order chi connectivity index (χ0) is 14.1. The molecule has 1 aromatic carbocycles. The number of para-hydroxylation sites is 1. The Morgan fingerprint density at radius 2 is 1.95 bits per heavy atom. The van der Waals surface area contributed by atoms with E-state index in [2.05, 4.69) is 6.07 Å². The Bertz CT molecular complexity index is 623. The first kappa shape index (κ1) is 13.2. The van der Waals surface area contributed by atoms with Crippen molar-refractivity contribution in [1.29, 1.82) is 0 Å². The third-order valence-corrected chi connectivity index (χ3v) is 4.65. The standard InChI is InChI=1S/C17H21NO2/c1-18-11-14(13-9-5-6-10-15(13)18)16(17(19)20)12-7-3-2-4-8-12/h5-6,9-12,16H,2-4,7-8H2,1H3,(H,19,20). The zero-order valence-electron chi connectivity index (χ0n) is 11.9. The molecule has 0 saturated heterocycles. The van der Waals surface area contributed by atoms with Crippen LogP contribution in [0.3, 0.4) is 0 Å². The molecule has 1 fully saturated rings. The van der Waals surface area contributed by atoms with E-state index in [1.165, 1.54) is 19.3 Å². The van der Waals surface area contributed by atoms with Gasteiger partial charge in [-0.3, -0.25) is 4.79 Å². The van der Waals surface area contributed by atoms with Crippen LogP contribution in [0.2, 0.25) is 0 Å². The van der Waals surface area contributed by atoms with Crippen molar-refractivity contribution in [2.75, 3.05) is 0 Å². The maximum absolute atomic E-state index is 11.8. The molecule has 0 bridgehead atoms. The minimum Gasteiger partial charge on any atom is -0.481 e. The van der Waals surface area contributed by atoms with Gasteiger partial charge < -0.3 is 9.67 Å². The molecule has 3 nitrogen and oxygen atoms in total. The Labute approximate surface area is 119 Å². The van der Waals surface area contributed by atoms with Crippen molar-refractivity contribution in [2.45, 2.75) is 38.0 Å². The number of nitrogens with zero attached hydrogens (tertiary/aromatic N) is 1. The Morgan fingerprint density at radius 3 is 2.65 bits per heavy atom. The lowest BCUT2D eigenvalue weighted by Crippen LogP contribution is -2.23. The van der Waals surface area contributed by atoms with E-state index in [0.29, 0.717) is 0 Å². The molecule has 0 spiro atoms. The molecule has 1 aliphatic rings. The van der Waals surface area contributed by atoms with Gasteiger partial charge in [0.2, 0.25) is 0 Å². The van der Waals surface area contributed by atoms with Gasteiger partial charge in [0.05, 0.1) is 5.92 Å². The van der Waals surface area contributed by atoms with Crippen LogP contribution in [0.5, 0.6) is 0 Å². The number of fused-ring (bicyclic) bond motifs is 1. The van der Waals surface area contributed by atoms with E-state index < -0.39 is 5.97 Å². The summed E-state index contributed by atoms with van der Waals surface area (Å²) in [7, 11) is 1.99. The average molecular weight is 271 g/mol. The summed E-state index contributed by atoms with van der Waals surface area (Å²) < 4.78 is 2.05. The molecule has 3 heteroatoms. The van der Waals surface area contributed by atoms with Gasteiger partial charge >= 0.3 is 5.97 Å². The molecule has 1 saturated carbocycles. The summed E-state index contributed by atoms with van der Waals surface area (Å²) in [6.07, 6.45) is 7.68. The molecule has 1 aliphatic carbocycles. The van der Waals surface area contributed by atoms with Crippen LogP contribution in [-0.2, 0) is 11.8 Å². The van der Waals surface area contributed by atoms with Crippen LogP contribution in [0.1, 0.15) is 43.6 Å². The first-order valence-corrected chi connectivity index (χ1v) is 7.45. The van der Waals surface area contributed by atoms with Crippen molar-refractivity contribution in [1.82, 2.24) is 4.57 Å². The molecule has 0 radical (unpaired) electrons. The fourth-order valence-electron chi connectivity index (χ4n) is 3.68. The molecule has 0 amide bonds. The van der Waals surface area contributed by atoms with Crippen LogP contribution < -0.4 is 0 Å². The van der Waals surface area contributed by atoms with Gasteiger partial charge in [0.25, 0.3) is 0 Å². The quantitative estimate of drug-likeness (QED) is 0.919. The second kappa shape index (κ2) is 5.31. The third kappa shape index (κ3) is 2.21. The van der Waals surface area contributed by atoms with Crippen molar-refractivity contribution in [3.05, 3.63) is 36.0 Å². The van der Waals surface area contributed by atoms with Crippen molar-refractivity contribution in [2.24, 2.45) is 13.0 Å². The topological polar surface area (TPSA) is 42.2 Å². The minimum atomic E-state index is -0.673. The van der Waals surface area contributed by atoms with Gasteiger partial charge in [-0.1, -0.05) is 37.5 Å². The van der Waals surface area contributed by atoms with Gasteiger partial charge in [-0.25, -0.2) is 0 Å². The number of carbonyl (C=O) groups is 1. The lowest BCUT2D eigenvalue weighted by molar-refractivity contribution is -0.140. The lowest BCUT2D eigenvalue weighted by atomic mass is 9.77. The molecule has 106 valence electrons. The SMILES string of the molecule is Cn1cc(C(C(=O)O)C2CCCCC2)c2ccccc21. The first-order valence-electron chi connectivity index (χ1n) is 7.45. The molecule has 1 unspecified atom stereocenters. The van der Waals surface area contributed by atoms with Gasteiger partial charge in [0.15, 0.2) is 0 Å². The number of carboxylic acid groups (broad SMARTS) is 1. The van der Waals surface area contributed by atoms with Gasteiger partial charge in [0, 0.05) is 24.1 Å². The Balaban J connectivity index is 2.07. The van der Waals surface area contributed by atoms with Gasteiger partial charge in [-0.05, 0) is 30.4 Å². The normalized spacial score (nSPS) is 18.2. The van der Waals surface area contributed by atoms with Gasteiger partial charge in [-0.15, -0.1) is 0 Å². The minimum absolute atomic E-state index is 0.284. The van der Waals surface area contributed by atoms with E-state index in [4.69, 9.17) is 0 Å². The number of hydrogen-bond donors (Lipinski definition) is 1. The number of rotatable bonds is 3. The highest BCUT2D eigenvalue weighted by Gasteiger charge is 2.32. The van der Waals surface area contributed by atoms with Crippen LogP contribution in [0.4, 0.5) is 0 Å². The molecule has 2 aromatic rings. The van der Waals surface area contributed by atoms with Crippen molar-refractivity contribution < 1.29 is 9.90 Å². The molecule has 0 aliphatic heterocycles. The fourth-order valence-corrected chi connectivity index (χ4v) is 3.68. The molecule has 1 heterocycles. The monoisotopic (exact) mass is 271 g/mol. The molecule has 1 aromatic heterocycles.